The van der Waals surface area contributed by atoms with Crippen LogP contribution in [0.25, 0.3) is 11.0 Å². The number of carbonyl (C=O) groups is 1. The van der Waals surface area contributed by atoms with E-state index in [9.17, 15) is 4.79 Å². The normalized spacial score (nSPS) is 10.8. The summed E-state index contributed by atoms with van der Waals surface area (Å²) in [6.45, 7) is 3.23. The lowest BCUT2D eigenvalue weighted by atomic mass is 10.3. The van der Waals surface area contributed by atoms with Gasteiger partial charge in [-0.15, -0.1) is 0 Å². The predicted octanol–water partition coefficient (Wildman–Crippen LogP) is 3.09. The van der Waals surface area contributed by atoms with Gasteiger partial charge in [0.1, 0.15) is 24.7 Å². The molecule has 0 saturated carbocycles. The number of rotatable bonds is 6. The summed E-state index contributed by atoms with van der Waals surface area (Å²) < 4.78 is 7.76. The molecule has 0 saturated heterocycles. The van der Waals surface area contributed by atoms with E-state index in [1.165, 1.54) is 0 Å². The zero-order valence-corrected chi connectivity index (χ0v) is 14.0. The lowest BCUT2D eigenvalue weighted by Crippen LogP contribution is -2.30. The molecule has 5 nitrogen and oxygen atoms in total. The first-order chi connectivity index (χ1) is 11.7. The Morgan fingerprint density at radius 2 is 1.83 bits per heavy atom. The number of benzene rings is 2. The van der Waals surface area contributed by atoms with Gasteiger partial charge in [0.2, 0.25) is 5.91 Å². The van der Waals surface area contributed by atoms with E-state index in [1.807, 2.05) is 73.1 Å². The zero-order valence-electron chi connectivity index (χ0n) is 14.0. The number of aromatic nitrogens is 2. The highest BCUT2D eigenvalue weighted by Crippen LogP contribution is 2.18. The largest absolute Gasteiger partial charge is 0.486 e. The number of carbonyl (C=O) groups excluding carboxylic acids is 1. The minimum Gasteiger partial charge on any atom is -0.486 e. The second kappa shape index (κ2) is 7.17. The smallest absolute Gasteiger partial charge is 0.242 e. The van der Waals surface area contributed by atoms with Gasteiger partial charge in [0, 0.05) is 13.6 Å². The Balaban J connectivity index is 1.88. The number of hydrogen-bond acceptors (Lipinski definition) is 3. The molecule has 0 atom stereocenters. The van der Waals surface area contributed by atoms with Crippen molar-refractivity contribution < 1.29 is 9.53 Å². The van der Waals surface area contributed by atoms with E-state index in [-0.39, 0.29) is 12.5 Å². The fourth-order valence-electron chi connectivity index (χ4n) is 2.51. The third-order valence-corrected chi connectivity index (χ3v) is 4.04. The van der Waals surface area contributed by atoms with E-state index >= 15 is 0 Å². The molecule has 0 unspecified atom stereocenters. The van der Waals surface area contributed by atoms with Crippen molar-refractivity contribution in [3.63, 3.8) is 0 Å². The summed E-state index contributed by atoms with van der Waals surface area (Å²) in [6, 6.07) is 17.4. The lowest BCUT2D eigenvalue weighted by Gasteiger charge is -2.16. The molecule has 124 valence electrons. The Labute approximate surface area is 141 Å². The predicted molar refractivity (Wildman–Crippen MR) is 93.8 cm³/mol. The molecule has 0 aliphatic rings. The molecule has 0 N–H and O–H groups in total. The molecule has 24 heavy (non-hydrogen) atoms. The van der Waals surface area contributed by atoms with E-state index in [4.69, 9.17) is 4.74 Å². The van der Waals surface area contributed by atoms with Crippen LogP contribution in [0.2, 0.25) is 0 Å². The summed E-state index contributed by atoms with van der Waals surface area (Å²) in [7, 11) is 1.81. The molecule has 2 aromatic carbocycles. The van der Waals surface area contributed by atoms with Crippen molar-refractivity contribution in [3.8, 4) is 5.75 Å². The monoisotopic (exact) mass is 323 g/mol. The molecule has 5 heteroatoms. The number of likely N-dealkylation sites (N-methyl/N-ethyl adjacent to an activating group) is 1. The van der Waals surface area contributed by atoms with Gasteiger partial charge in [-0.3, -0.25) is 4.79 Å². The summed E-state index contributed by atoms with van der Waals surface area (Å²) in [5, 5.41) is 0. The highest BCUT2D eigenvalue weighted by atomic mass is 16.5. The van der Waals surface area contributed by atoms with Crippen molar-refractivity contribution in [2.75, 3.05) is 13.6 Å². The first kappa shape index (κ1) is 16.1. The number of imidazole rings is 1. The topological polar surface area (TPSA) is 47.4 Å². The van der Waals surface area contributed by atoms with Crippen molar-refractivity contribution in [2.24, 2.45) is 0 Å². The fraction of sp³-hybridized carbons (Fsp3) is 0.263. The summed E-state index contributed by atoms with van der Waals surface area (Å²) >= 11 is 0. The maximum atomic E-state index is 12.3. The second-order valence-electron chi connectivity index (χ2n) is 5.61. The zero-order chi connectivity index (χ0) is 16.9. The van der Waals surface area contributed by atoms with Crippen molar-refractivity contribution >= 4 is 16.9 Å². The van der Waals surface area contributed by atoms with Crippen LogP contribution in [-0.2, 0) is 17.9 Å². The third-order valence-electron chi connectivity index (χ3n) is 4.04. The molecule has 3 aromatic rings. The van der Waals surface area contributed by atoms with Gasteiger partial charge >= 0.3 is 0 Å². The summed E-state index contributed by atoms with van der Waals surface area (Å²) in [5.41, 5.74) is 1.82. The molecule has 1 heterocycles. The van der Waals surface area contributed by atoms with E-state index in [0.717, 1.165) is 22.6 Å². The van der Waals surface area contributed by atoms with Crippen LogP contribution in [-0.4, -0.2) is 34.0 Å². The van der Waals surface area contributed by atoms with Crippen LogP contribution in [0, 0.1) is 0 Å². The summed E-state index contributed by atoms with van der Waals surface area (Å²) in [6.07, 6.45) is 0. The summed E-state index contributed by atoms with van der Waals surface area (Å²) in [4.78, 5) is 18.7. The molecule has 0 fully saturated rings. The van der Waals surface area contributed by atoms with E-state index in [0.29, 0.717) is 13.2 Å². The standard InChI is InChI=1S/C19H21N3O2/c1-3-21(2)19(23)13-22-17-12-8-7-11-16(17)20-18(22)14-24-15-9-5-4-6-10-15/h4-12H,3,13-14H2,1-2H3. The van der Waals surface area contributed by atoms with Crippen LogP contribution in [0.4, 0.5) is 0 Å². The first-order valence-corrected chi connectivity index (χ1v) is 8.05. The van der Waals surface area contributed by atoms with Gasteiger partial charge in [-0.1, -0.05) is 30.3 Å². The molecular formula is C19H21N3O2. The highest BCUT2D eigenvalue weighted by molar-refractivity contribution is 5.81. The van der Waals surface area contributed by atoms with Crippen molar-refractivity contribution in [2.45, 2.75) is 20.1 Å². The molecule has 0 spiro atoms. The van der Waals surface area contributed by atoms with Crippen LogP contribution < -0.4 is 4.74 Å². The Bertz CT molecular complexity index is 827. The maximum Gasteiger partial charge on any atom is 0.242 e. The molecule has 0 aliphatic heterocycles. The molecule has 0 radical (unpaired) electrons. The highest BCUT2D eigenvalue weighted by Gasteiger charge is 2.15. The van der Waals surface area contributed by atoms with Gasteiger partial charge in [0.25, 0.3) is 0 Å². The number of amides is 1. The minimum atomic E-state index is 0.0571. The van der Waals surface area contributed by atoms with Gasteiger partial charge in [-0.2, -0.15) is 0 Å². The van der Waals surface area contributed by atoms with E-state index in [2.05, 4.69) is 4.98 Å². The summed E-state index contributed by atoms with van der Waals surface area (Å²) in [5.74, 6) is 1.59. The molecule has 1 amide bonds. The van der Waals surface area contributed by atoms with E-state index in [1.54, 1.807) is 4.90 Å². The van der Waals surface area contributed by atoms with Gasteiger partial charge < -0.3 is 14.2 Å². The van der Waals surface area contributed by atoms with Crippen molar-refractivity contribution in [1.29, 1.82) is 0 Å². The second-order valence-corrected chi connectivity index (χ2v) is 5.61. The van der Waals surface area contributed by atoms with Gasteiger partial charge in [0.05, 0.1) is 11.0 Å². The fourth-order valence-corrected chi connectivity index (χ4v) is 2.51. The van der Waals surface area contributed by atoms with Crippen molar-refractivity contribution in [1.82, 2.24) is 14.5 Å². The molecular weight excluding hydrogens is 302 g/mol. The average molecular weight is 323 g/mol. The van der Waals surface area contributed by atoms with Gasteiger partial charge in [-0.05, 0) is 31.2 Å². The van der Waals surface area contributed by atoms with Crippen molar-refractivity contribution in [3.05, 3.63) is 60.4 Å². The Hall–Kier alpha value is -2.82. The minimum absolute atomic E-state index is 0.0571. The molecule has 0 bridgehead atoms. The maximum absolute atomic E-state index is 12.3. The van der Waals surface area contributed by atoms with E-state index < -0.39 is 0 Å². The van der Waals surface area contributed by atoms with Gasteiger partial charge in [0.15, 0.2) is 0 Å². The average Bonchev–Trinajstić information content (AvgIpc) is 2.97. The lowest BCUT2D eigenvalue weighted by molar-refractivity contribution is -0.130. The molecule has 0 aliphatic carbocycles. The van der Waals surface area contributed by atoms with Crippen LogP contribution in [0.15, 0.2) is 54.6 Å². The SMILES string of the molecule is CCN(C)C(=O)Cn1c(COc2ccccc2)nc2ccccc21. The van der Waals surface area contributed by atoms with Crippen LogP contribution in [0.3, 0.4) is 0 Å². The number of nitrogens with zero attached hydrogens (tertiary/aromatic N) is 3. The number of ether oxygens (including phenoxy) is 1. The van der Waals surface area contributed by atoms with Gasteiger partial charge in [-0.25, -0.2) is 4.98 Å². The first-order valence-electron chi connectivity index (χ1n) is 8.05. The number of fused-ring (bicyclic) bond motifs is 1. The Morgan fingerprint density at radius 3 is 2.58 bits per heavy atom. The molecule has 1 aromatic heterocycles. The quantitative estimate of drug-likeness (QED) is 0.700. The van der Waals surface area contributed by atoms with Crippen LogP contribution >= 0.6 is 0 Å². The molecule has 3 rings (SSSR count). The third kappa shape index (κ3) is 3.40. The number of hydrogen-bond donors (Lipinski definition) is 0. The Kier molecular flexibility index (Phi) is 4.79. The Morgan fingerprint density at radius 1 is 1.12 bits per heavy atom. The van der Waals surface area contributed by atoms with Crippen LogP contribution in [0.5, 0.6) is 5.75 Å². The van der Waals surface area contributed by atoms with Crippen LogP contribution in [0.1, 0.15) is 12.7 Å². The number of para-hydroxylation sites is 3.